The number of hydrogen-bond acceptors (Lipinski definition) is 4. The van der Waals surface area contributed by atoms with Crippen molar-refractivity contribution in [3.8, 4) is 5.75 Å². The predicted molar refractivity (Wildman–Crippen MR) is 84.7 cm³/mol. The van der Waals surface area contributed by atoms with Crippen molar-refractivity contribution in [2.75, 3.05) is 6.54 Å². The summed E-state index contributed by atoms with van der Waals surface area (Å²) in [7, 11) is 0. The Morgan fingerprint density at radius 3 is 3.08 bits per heavy atom. The number of ether oxygens (including phenoxy) is 1. The number of fused-ring (bicyclic) bond motifs is 1. The number of halogens is 3. The Balaban J connectivity index is 1.63. The molecule has 2 aromatic rings. The van der Waals surface area contributed by atoms with Crippen LogP contribution in [0.25, 0.3) is 0 Å². The van der Waals surface area contributed by atoms with E-state index in [4.69, 9.17) is 4.52 Å². The fourth-order valence-corrected chi connectivity index (χ4v) is 3.12. The van der Waals surface area contributed by atoms with Gasteiger partial charge in [-0.05, 0) is 30.2 Å². The van der Waals surface area contributed by atoms with Gasteiger partial charge >= 0.3 is 6.61 Å². The van der Waals surface area contributed by atoms with Gasteiger partial charge in [0.25, 0.3) is 0 Å². The van der Waals surface area contributed by atoms with Crippen molar-refractivity contribution < 1.29 is 22.8 Å². The third kappa shape index (κ3) is 3.92. The molecule has 2 heterocycles. The van der Waals surface area contributed by atoms with Gasteiger partial charge in [0.15, 0.2) is 0 Å². The molecular weight excluding hydrogens is 386 g/mol. The average molecular weight is 401 g/mol. The van der Waals surface area contributed by atoms with Gasteiger partial charge in [0.05, 0.1) is 12.7 Å². The maximum absolute atomic E-state index is 12.5. The summed E-state index contributed by atoms with van der Waals surface area (Å²) in [6.45, 7) is -1.86. The molecule has 1 aliphatic rings. The van der Waals surface area contributed by atoms with Gasteiger partial charge in [-0.1, -0.05) is 21.1 Å². The van der Waals surface area contributed by atoms with E-state index in [2.05, 4.69) is 25.8 Å². The first-order chi connectivity index (χ1) is 11.5. The van der Waals surface area contributed by atoms with Crippen LogP contribution in [-0.2, 0) is 24.2 Å². The first-order valence-corrected chi connectivity index (χ1v) is 8.25. The molecule has 8 heteroatoms. The monoisotopic (exact) mass is 400 g/mol. The Morgan fingerprint density at radius 1 is 1.46 bits per heavy atom. The Hall–Kier alpha value is -1.96. The normalized spacial score (nSPS) is 13.9. The highest BCUT2D eigenvalue weighted by Gasteiger charge is 2.23. The van der Waals surface area contributed by atoms with Crippen molar-refractivity contribution >= 4 is 21.8 Å². The molecule has 1 aliphatic heterocycles. The second kappa shape index (κ2) is 7.29. The van der Waals surface area contributed by atoms with Gasteiger partial charge in [0.1, 0.15) is 11.5 Å². The highest BCUT2D eigenvalue weighted by molar-refractivity contribution is 9.10. The highest BCUT2D eigenvalue weighted by atomic mass is 79.9. The molecule has 0 atom stereocenters. The number of benzene rings is 1. The van der Waals surface area contributed by atoms with Crippen LogP contribution in [0.4, 0.5) is 8.78 Å². The second-order valence-corrected chi connectivity index (χ2v) is 6.39. The van der Waals surface area contributed by atoms with Crippen molar-refractivity contribution in [2.45, 2.75) is 32.4 Å². The summed E-state index contributed by atoms with van der Waals surface area (Å²) in [5, 5.41) is 3.73. The summed E-state index contributed by atoms with van der Waals surface area (Å²) < 4.78 is 35.3. The van der Waals surface area contributed by atoms with E-state index in [0.717, 1.165) is 15.8 Å². The molecule has 0 bridgehead atoms. The summed E-state index contributed by atoms with van der Waals surface area (Å²) in [6, 6.07) is 4.79. The minimum atomic E-state index is -2.89. The second-order valence-electron chi connectivity index (χ2n) is 5.47. The fourth-order valence-electron chi connectivity index (χ4n) is 2.71. The number of nitrogens with zero attached hydrogens (tertiary/aromatic N) is 2. The van der Waals surface area contributed by atoms with E-state index in [1.54, 1.807) is 23.2 Å². The topological polar surface area (TPSA) is 55.6 Å². The number of amides is 1. The molecule has 0 unspecified atom stereocenters. The van der Waals surface area contributed by atoms with Crippen LogP contribution in [0.15, 0.2) is 33.4 Å². The lowest BCUT2D eigenvalue weighted by atomic mass is 10.1. The molecule has 0 radical (unpaired) electrons. The number of alkyl halides is 2. The Kier molecular flexibility index (Phi) is 5.13. The van der Waals surface area contributed by atoms with Gasteiger partial charge in [0, 0.05) is 29.4 Å². The maximum atomic E-state index is 12.5. The van der Waals surface area contributed by atoms with Crippen molar-refractivity contribution in [3.05, 3.63) is 45.8 Å². The lowest BCUT2D eigenvalue weighted by Crippen LogP contribution is -2.35. The largest absolute Gasteiger partial charge is 0.435 e. The molecule has 1 aromatic carbocycles. The van der Waals surface area contributed by atoms with E-state index in [1.165, 1.54) is 6.07 Å². The molecule has 24 heavy (non-hydrogen) atoms. The standard InChI is InChI=1S/C16H15BrF2N2O3/c17-12-2-3-13(23-16(18)19)10(7-12)1-4-15(22)21-6-5-14-11(9-21)8-20-24-14/h2-3,7-8,16H,1,4-6,9H2. The van der Waals surface area contributed by atoms with Crippen LogP contribution in [0.5, 0.6) is 5.75 Å². The summed E-state index contributed by atoms with van der Waals surface area (Å²) in [5.74, 6) is 0.879. The van der Waals surface area contributed by atoms with Crippen LogP contribution in [0.1, 0.15) is 23.3 Å². The Labute approximate surface area is 145 Å². The zero-order chi connectivity index (χ0) is 17.1. The van der Waals surface area contributed by atoms with Gasteiger partial charge in [-0.3, -0.25) is 4.79 Å². The van der Waals surface area contributed by atoms with Gasteiger partial charge in [-0.25, -0.2) is 0 Å². The minimum absolute atomic E-state index is 0.0372. The summed E-state index contributed by atoms with van der Waals surface area (Å²) in [4.78, 5) is 14.1. The van der Waals surface area contributed by atoms with Crippen LogP contribution in [0, 0.1) is 0 Å². The average Bonchev–Trinajstić information content (AvgIpc) is 3.02. The van der Waals surface area contributed by atoms with Gasteiger partial charge < -0.3 is 14.2 Å². The number of rotatable bonds is 5. The molecule has 1 amide bonds. The number of carbonyl (C=O) groups is 1. The third-order valence-electron chi connectivity index (χ3n) is 3.90. The van der Waals surface area contributed by atoms with E-state index < -0.39 is 6.61 Å². The fraction of sp³-hybridized carbons (Fsp3) is 0.375. The van der Waals surface area contributed by atoms with Gasteiger partial charge in [-0.15, -0.1) is 0 Å². The summed E-state index contributed by atoms with van der Waals surface area (Å²) in [5.41, 5.74) is 1.49. The molecule has 3 rings (SSSR count). The van der Waals surface area contributed by atoms with E-state index in [9.17, 15) is 13.6 Å². The molecule has 0 spiro atoms. The minimum Gasteiger partial charge on any atom is -0.435 e. The van der Waals surface area contributed by atoms with E-state index in [-0.39, 0.29) is 18.1 Å². The lowest BCUT2D eigenvalue weighted by Gasteiger charge is -2.25. The van der Waals surface area contributed by atoms with Crippen LogP contribution < -0.4 is 4.74 Å². The summed E-state index contributed by atoms with van der Waals surface area (Å²) in [6.07, 6.45) is 2.80. The molecule has 5 nitrogen and oxygen atoms in total. The van der Waals surface area contributed by atoms with E-state index in [0.29, 0.717) is 31.5 Å². The van der Waals surface area contributed by atoms with Crippen LogP contribution >= 0.6 is 15.9 Å². The number of aromatic nitrogens is 1. The Morgan fingerprint density at radius 2 is 2.29 bits per heavy atom. The zero-order valence-electron chi connectivity index (χ0n) is 12.7. The molecule has 1 aromatic heterocycles. The zero-order valence-corrected chi connectivity index (χ0v) is 14.3. The van der Waals surface area contributed by atoms with Crippen molar-refractivity contribution in [1.29, 1.82) is 0 Å². The predicted octanol–water partition coefficient (Wildman–Crippen LogP) is 3.56. The molecule has 0 saturated heterocycles. The van der Waals surface area contributed by atoms with E-state index in [1.807, 2.05) is 0 Å². The molecule has 0 N–H and O–H groups in total. The van der Waals surface area contributed by atoms with Crippen LogP contribution in [0.3, 0.4) is 0 Å². The lowest BCUT2D eigenvalue weighted by molar-refractivity contribution is -0.132. The number of carbonyl (C=O) groups excluding carboxylic acids is 1. The summed E-state index contributed by atoms with van der Waals surface area (Å²) >= 11 is 3.30. The molecule has 128 valence electrons. The highest BCUT2D eigenvalue weighted by Crippen LogP contribution is 2.26. The third-order valence-corrected chi connectivity index (χ3v) is 4.39. The molecule has 0 saturated carbocycles. The molecular formula is C16H15BrF2N2O3. The van der Waals surface area contributed by atoms with Crippen LogP contribution in [0.2, 0.25) is 0 Å². The first kappa shape index (κ1) is 16.9. The smallest absolute Gasteiger partial charge is 0.387 e. The van der Waals surface area contributed by atoms with E-state index >= 15 is 0 Å². The molecule has 0 fully saturated rings. The van der Waals surface area contributed by atoms with Crippen LogP contribution in [-0.4, -0.2) is 29.1 Å². The van der Waals surface area contributed by atoms with Gasteiger partial charge in [-0.2, -0.15) is 8.78 Å². The van der Waals surface area contributed by atoms with Crippen molar-refractivity contribution in [3.63, 3.8) is 0 Å². The van der Waals surface area contributed by atoms with Crippen molar-refractivity contribution in [1.82, 2.24) is 10.1 Å². The first-order valence-electron chi connectivity index (χ1n) is 7.46. The number of aryl methyl sites for hydroxylation is 1. The SMILES string of the molecule is O=C(CCc1cc(Br)ccc1OC(F)F)N1CCc2oncc2C1. The molecule has 0 aliphatic carbocycles. The van der Waals surface area contributed by atoms with Gasteiger partial charge in [0.2, 0.25) is 5.91 Å². The van der Waals surface area contributed by atoms with Crippen molar-refractivity contribution in [2.24, 2.45) is 0 Å². The quantitative estimate of drug-likeness (QED) is 0.769. The Bertz CT molecular complexity index is 736. The maximum Gasteiger partial charge on any atom is 0.387 e. The number of hydrogen-bond donors (Lipinski definition) is 0.